The van der Waals surface area contributed by atoms with Crippen LogP contribution in [-0.4, -0.2) is 45.1 Å². The number of hydrogen-bond donors (Lipinski definition) is 0. The zero-order valence-corrected chi connectivity index (χ0v) is 22.5. The van der Waals surface area contributed by atoms with E-state index in [1.165, 1.54) is 23.8 Å². The molecule has 1 spiro atoms. The Hall–Kier alpha value is -3.71. The van der Waals surface area contributed by atoms with Crippen LogP contribution in [0.4, 0.5) is 0 Å². The van der Waals surface area contributed by atoms with E-state index in [-0.39, 0.29) is 23.9 Å². The van der Waals surface area contributed by atoms with Gasteiger partial charge in [-0.2, -0.15) is 0 Å². The summed E-state index contributed by atoms with van der Waals surface area (Å²) in [4.78, 5) is 15.1. The molecule has 1 aliphatic heterocycles. The van der Waals surface area contributed by atoms with Crippen LogP contribution in [-0.2, 0) is 29.7 Å². The van der Waals surface area contributed by atoms with E-state index in [2.05, 4.69) is 77.6 Å². The number of para-hydroxylation sites is 1. The summed E-state index contributed by atoms with van der Waals surface area (Å²) >= 11 is 0. The van der Waals surface area contributed by atoms with Crippen molar-refractivity contribution in [3.05, 3.63) is 88.0 Å². The fraction of sp³-hybridized carbons (Fsp3) is 0.387. The lowest BCUT2D eigenvalue weighted by molar-refractivity contribution is -0.140. The van der Waals surface area contributed by atoms with E-state index in [1.807, 2.05) is 13.1 Å². The molecule has 38 heavy (non-hydrogen) atoms. The molecule has 1 atom stereocenters. The first-order valence-electron chi connectivity index (χ1n) is 13.3. The largest absolute Gasteiger partial charge is 0.486 e. The molecule has 7 nitrogen and oxygen atoms in total. The molecule has 1 aromatic heterocycles. The summed E-state index contributed by atoms with van der Waals surface area (Å²) in [6.07, 6.45) is 2.46. The van der Waals surface area contributed by atoms with Crippen LogP contribution in [0.1, 0.15) is 58.6 Å². The van der Waals surface area contributed by atoms with Gasteiger partial charge < -0.3 is 9.47 Å². The minimum atomic E-state index is -0.229. The van der Waals surface area contributed by atoms with Gasteiger partial charge in [-0.05, 0) is 66.6 Å². The van der Waals surface area contributed by atoms with Gasteiger partial charge in [0, 0.05) is 38.2 Å². The van der Waals surface area contributed by atoms with Crippen molar-refractivity contribution in [3.63, 3.8) is 0 Å². The Labute approximate surface area is 223 Å². The van der Waals surface area contributed by atoms with E-state index < -0.39 is 0 Å². The number of esters is 1. The van der Waals surface area contributed by atoms with Gasteiger partial charge in [0.2, 0.25) is 0 Å². The molecule has 2 heterocycles. The van der Waals surface area contributed by atoms with Crippen molar-refractivity contribution >= 4 is 17.0 Å². The maximum atomic E-state index is 12.6. The second-order valence-electron chi connectivity index (χ2n) is 10.9. The fourth-order valence-corrected chi connectivity index (χ4v) is 5.82. The number of rotatable bonds is 6. The smallest absolute Gasteiger partial charge is 0.306 e. The first kappa shape index (κ1) is 24.6. The molecule has 2 aliphatic rings. The third kappa shape index (κ3) is 4.56. The molecule has 0 bridgehead atoms. The molecule has 196 valence electrons. The molecule has 0 N–H and O–H groups in total. The second-order valence-corrected chi connectivity index (χ2v) is 10.9. The van der Waals surface area contributed by atoms with E-state index >= 15 is 0 Å². The van der Waals surface area contributed by atoms with Crippen LogP contribution < -0.4 is 4.74 Å². The van der Waals surface area contributed by atoms with Crippen molar-refractivity contribution in [1.82, 2.24) is 19.9 Å². The molecule has 4 aromatic rings. The van der Waals surface area contributed by atoms with E-state index in [1.54, 1.807) is 4.68 Å². The highest BCUT2D eigenvalue weighted by atomic mass is 16.5. The monoisotopic (exact) mass is 510 g/mol. The van der Waals surface area contributed by atoms with Gasteiger partial charge in [-0.25, -0.2) is 4.68 Å². The number of fused-ring (bicyclic) bond motifs is 2. The Bertz CT molecular complexity index is 1520. The Morgan fingerprint density at radius 2 is 1.95 bits per heavy atom. The van der Waals surface area contributed by atoms with Crippen LogP contribution in [0.25, 0.3) is 11.0 Å². The molecule has 7 heteroatoms. The number of nitrogens with zero attached hydrogens (tertiary/aromatic N) is 4. The quantitative estimate of drug-likeness (QED) is 0.332. The summed E-state index contributed by atoms with van der Waals surface area (Å²) in [6, 6.07) is 19.2. The summed E-state index contributed by atoms with van der Waals surface area (Å²) in [5.74, 6) is 0.648. The van der Waals surface area contributed by atoms with E-state index in [0.717, 1.165) is 65.9 Å². The van der Waals surface area contributed by atoms with Crippen LogP contribution in [0.3, 0.4) is 0 Å². The highest BCUT2D eigenvalue weighted by Crippen LogP contribution is 2.44. The lowest BCUT2D eigenvalue weighted by atomic mass is 9.84. The van der Waals surface area contributed by atoms with Gasteiger partial charge in [-0.3, -0.25) is 9.69 Å². The molecular formula is C31H34N4O3. The van der Waals surface area contributed by atoms with Crippen LogP contribution in [0.5, 0.6) is 5.75 Å². The number of carbonyl (C=O) groups excluding carboxylic acids is 1. The summed E-state index contributed by atoms with van der Waals surface area (Å²) in [5, 5.41) is 8.59. The highest BCUT2D eigenvalue weighted by molar-refractivity contribution is 5.80. The Kier molecular flexibility index (Phi) is 6.19. The third-order valence-electron chi connectivity index (χ3n) is 8.23. The zero-order chi connectivity index (χ0) is 26.4. The zero-order valence-electron chi connectivity index (χ0n) is 22.5. The van der Waals surface area contributed by atoms with Gasteiger partial charge in [0.15, 0.2) is 0 Å². The van der Waals surface area contributed by atoms with Gasteiger partial charge in [0.05, 0.1) is 19.0 Å². The molecule has 3 aromatic carbocycles. The number of aryl methyl sites for hydroxylation is 3. The fourth-order valence-electron chi connectivity index (χ4n) is 5.82. The van der Waals surface area contributed by atoms with E-state index in [4.69, 9.17) is 9.47 Å². The topological polar surface area (TPSA) is 69.5 Å². The third-order valence-corrected chi connectivity index (χ3v) is 8.23. The number of carbonyl (C=O) groups is 1. The van der Waals surface area contributed by atoms with Crippen molar-refractivity contribution in [1.29, 1.82) is 0 Å². The summed E-state index contributed by atoms with van der Waals surface area (Å²) in [6.45, 7) is 6.83. The van der Waals surface area contributed by atoms with Gasteiger partial charge in [0.1, 0.15) is 16.9 Å². The Balaban J connectivity index is 1.35. The average Bonchev–Trinajstić information content (AvgIpc) is 3.59. The van der Waals surface area contributed by atoms with E-state index in [0.29, 0.717) is 0 Å². The van der Waals surface area contributed by atoms with Gasteiger partial charge >= 0.3 is 5.97 Å². The molecular weight excluding hydrogens is 476 g/mol. The van der Waals surface area contributed by atoms with Crippen LogP contribution in [0.2, 0.25) is 0 Å². The van der Waals surface area contributed by atoms with E-state index in [9.17, 15) is 4.79 Å². The molecule has 1 aliphatic carbocycles. The average molecular weight is 511 g/mol. The van der Waals surface area contributed by atoms with Crippen LogP contribution in [0.15, 0.2) is 54.6 Å². The molecule has 0 amide bonds. The summed E-state index contributed by atoms with van der Waals surface area (Å²) in [5.41, 5.74) is 8.76. The first-order valence-corrected chi connectivity index (χ1v) is 13.3. The first-order chi connectivity index (χ1) is 18.4. The van der Waals surface area contributed by atoms with Gasteiger partial charge in [0.25, 0.3) is 0 Å². The normalized spacial score (nSPS) is 17.1. The molecule has 0 radical (unpaired) electrons. The predicted octanol–water partition coefficient (Wildman–Crippen LogP) is 5.21. The number of methoxy groups -OCH3 is 1. The molecule has 1 unspecified atom stereocenters. The Morgan fingerprint density at radius 3 is 2.74 bits per heavy atom. The van der Waals surface area contributed by atoms with Crippen molar-refractivity contribution in [2.24, 2.45) is 7.05 Å². The lowest BCUT2D eigenvalue weighted by Crippen LogP contribution is -2.34. The lowest BCUT2D eigenvalue weighted by Gasteiger charge is -2.26. The standard InChI is InChI=1S/C31H34N4O3/c1-20-9-10-22(26(16-29(36)37-4)25-11-12-27-30(21(25)2)32-33-34(27)3)15-24(20)18-35-17-23-7-5-6-8-28(23)38-31(19-35)13-14-31/h5-12,15,26H,13-14,16-19H2,1-4H3. The van der Waals surface area contributed by atoms with Crippen molar-refractivity contribution in [3.8, 4) is 5.75 Å². The minimum Gasteiger partial charge on any atom is -0.486 e. The molecule has 0 saturated heterocycles. The number of benzene rings is 3. The SMILES string of the molecule is COC(=O)CC(c1ccc(C)c(CN2Cc3ccccc3OC3(CC3)C2)c1)c1ccc2c(nnn2C)c1C. The number of ether oxygens (including phenoxy) is 2. The number of aromatic nitrogens is 3. The maximum absolute atomic E-state index is 12.6. The van der Waals surface area contributed by atoms with Crippen molar-refractivity contribution in [2.45, 2.75) is 57.7 Å². The molecule has 6 rings (SSSR count). The maximum Gasteiger partial charge on any atom is 0.306 e. The minimum absolute atomic E-state index is 0.0607. The number of hydrogen-bond acceptors (Lipinski definition) is 6. The van der Waals surface area contributed by atoms with Gasteiger partial charge in [-0.1, -0.05) is 47.7 Å². The summed E-state index contributed by atoms with van der Waals surface area (Å²) in [7, 11) is 3.34. The van der Waals surface area contributed by atoms with Crippen molar-refractivity contribution < 1.29 is 14.3 Å². The second kappa shape index (κ2) is 9.55. The highest BCUT2D eigenvalue weighted by Gasteiger charge is 2.48. The Morgan fingerprint density at radius 1 is 1.13 bits per heavy atom. The summed E-state index contributed by atoms with van der Waals surface area (Å²) < 4.78 is 13.4. The van der Waals surface area contributed by atoms with Crippen molar-refractivity contribution in [2.75, 3.05) is 13.7 Å². The predicted molar refractivity (Wildman–Crippen MR) is 146 cm³/mol. The van der Waals surface area contributed by atoms with Gasteiger partial charge in [-0.15, -0.1) is 5.10 Å². The van der Waals surface area contributed by atoms with Crippen LogP contribution in [0, 0.1) is 13.8 Å². The van der Waals surface area contributed by atoms with Crippen LogP contribution >= 0.6 is 0 Å². The molecule has 1 saturated carbocycles. The molecule has 1 fully saturated rings.